The van der Waals surface area contributed by atoms with E-state index in [2.05, 4.69) is 92.3 Å². The minimum atomic E-state index is 0.0502. The van der Waals surface area contributed by atoms with Crippen LogP contribution in [0, 0.1) is 23.2 Å². The van der Waals surface area contributed by atoms with Crippen molar-refractivity contribution in [2.75, 3.05) is 26.7 Å². The molecule has 0 amide bonds. The Kier molecular flexibility index (Phi) is 8.88. The maximum absolute atomic E-state index is 6.15. The normalized spacial score (nSPS) is 31.9. The Balaban J connectivity index is 1.09. The van der Waals surface area contributed by atoms with Gasteiger partial charge in [0.05, 0.1) is 18.7 Å². The summed E-state index contributed by atoms with van der Waals surface area (Å²) >= 11 is 6.15. The Bertz CT molecular complexity index is 1650. The van der Waals surface area contributed by atoms with Gasteiger partial charge in [-0.05, 0) is 145 Å². The van der Waals surface area contributed by atoms with E-state index < -0.39 is 0 Å². The molecule has 1 aromatic heterocycles. The number of nitrogens with one attached hydrogen (secondary N) is 2. The van der Waals surface area contributed by atoms with Crippen LogP contribution in [0.1, 0.15) is 100 Å². The van der Waals surface area contributed by atoms with E-state index in [1.807, 2.05) is 12.3 Å². The lowest BCUT2D eigenvalue weighted by Crippen LogP contribution is -2.58. The highest BCUT2D eigenvalue weighted by molar-refractivity contribution is 7.80. The molecule has 8 atom stereocenters. The van der Waals surface area contributed by atoms with Crippen molar-refractivity contribution in [2.24, 2.45) is 23.2 Å². The minimum absolute atomic E-state index is 0.0502. The Labute approximate surface area is 287 Å². The monoisotopic (exact) mass is 650 g/mol. The molecule has 5 nitrogen and oxygen atoms in total. The predicted molar refractivity (Wildman–Crippen MR) is 198 cm³/mol. The van der Waals surface area contributed by atoms with Gasteiger partial charge in [0.25, 0.3) is 0 Å². The van der Waals surface area contributed by atoms with E-state index in [0.29, 0.717) is 29.7 Å². The summed E-state index contributed by atoms with van der Waals surface area (Å²) in [6, 6.07) is 16.2. The highest BCUT2D eigenvalue weighted by atomic mass is 32.1. The summed E-state index contributed by atoms with van der Waals surface area (Å²) in [5.74, 6) is 3.38. The van der Waals surface area contributed by atoms with Crippen molar-refractivity contribution in [3.05, 3.63) is 83.6 Å². The van der Waals surface area contributed by atoms with Crippen molar-refractivity contribution in [2.45, 2.75) is 96.1 Å². The molecule has 0 radical (unpaired) electrons. The molecule has 5 aliphatic rings. The lowest BCUT2D eigenvalue weighted by atomic mass is 9.53. The summed E-state index contributed by atoms with van der Waals surface area (Å²) in [6.45, 7) is 16.9. The number of aromatic nitrogens is 1. The molecular formula is C41H54N4OS. The molecule has 4 heterocycles. The van der Waals surface area contributed by atoms with E-state index in [-0.39, 0.29) is 16.9 Å². The van der Waals surface area contributed by atoms with E-state index >= 15 is 0 Å². The fourth-order valence-electron chi connectivity index (χ4n) is 9.83. The number of benzene rings is 2. The second-order valence-electron chi connectivity index (χ2n) is 16.1. The summed E-state index contributed by atoms with van der Waals surface area (Å²) < 4.78 is 5.65. The first-order valence-corrected chi connectivity index (χ1v) is 18.5. The number of nitrogens with zero attached hydrogens (tertiary/aromatic N) is 2. The Morgan fingerprint density at radius 3 is 2.74 bits per heavy atom. The van der Waals surface area contributed by atoms with Gasteiger partial charge in [0.2, 0.25) is 0 Å². The van der Waals surface area contributed by atoms with Crippen LogP contribution in [-0.4, -0.2) is 47.8 Å². The first kappa shape index (κ1) is 32.6. The maximum Gasteiger partial charge on any atom is 0.166 e. The van der Waals surface area contributed by atoms with E-state index in [4.69, 9.17) is 21.9 Å². The average molecular weight is 651 g/mol. The van der Waals surface area contributed by atoms with Crippen molar-refractivity contribution >= 4 is 28.2 Å². The van der Waals surface area contributed by atoms with Gasteiger partial charge in [-0.15, -0.1) is 6.58 Å². The van der Waals surface area contributed by atoms with Crippen LogP contribution >= 0.6 is 12.2 Å². The quantitative estimate of drug-likeness (QED) is 0.188. The molecule has 3 saturated heterocycles. The van der Waals surface area contributed by atoms with E-state index in [9.17, 15) is 0 Å². The Hall–Kier alpha value is -2.96. The van der Waals surface area contributed by atoms with Crippen molar-refractivity contribution < 1.29 is 4.74 Å². The third-order valence-electron chi connectivity index (χ3n) is 12.9. The molecule has 3 aromatic rings. The minimum Gasteiger partial charge on any atom is -0.497 e. The second-order valence-corrected chi connectivity index (χ2v) is 16.5. The molecule has 47 heavy (non-hydrogen) atoms. The largest absolute Gasteiger partial charge is 0.497 e. The second kappa shape index (κ2) is 12.8. The van der Waals surface area contributed by atoms with Crippen molar-refractivity contribution in [1.82, 2.24) is 20.5 Å². The number of hydrogen-bond donors (Lipinski definition) is 2. The molecule has 1 saturated carbocycles. The number of pyridine rings is 1. The van der Waals surface area contributed by atoms with Crippen molar-refractivity contribution in [1.29, 1.82) is 0 Å². The van der Waals surface area contributed by atoms with Crippen molar-refractivity contribution in [3.63, 3.8) is 0 Å². The van der Waals surface area contributed by atoms with Crippen LogP contribution < -0.4 is 15.4 Å². The van der Waals surface area contributed by atoms with Gasteiger partial charge in [-0.1, -0.05) is 52.0 Å². The highest BCUT2D eigenvalue weighted by Gasteiger charge is 2.48. The molecule has 8 rings (SSSR count). The number of piperidine rings is 3. The summed E-state index contributed by atoms with van der Waals surface area (Å²) in [5, 5.41) is 9.53. The fraction of sp³-hybridized carbons (Fsp3) is 0.561. The summed E-state index contributed by atoms with van der Waals surface area (Å²) in [5.41, 5.74) is 7.40. The number of methoxy groups -OCH3 is 1. The zero-order valence-electron chi connectivity index (χ0n) is 29.1. The van der Waals surface area contributed by atoms with Gasteiger partial charge in [0.15, 0.2) is 5.11 Å². The fourth-order valence-corrected chi connectivity index (χ4v) is 10.0. The molecular weight excluding hydrogens is 597 g/mol. The first-order chi connectivity index (χ1) is 22.6. The van der Waals surface area contributed by atoms with Crippen LogP contribution in [0.4, 0.5) is 0 Å². The lowest BCUT2D eigenvalue weighted by molar-refractivity contribution is 0.00423. The van der Waals surface area contributed by atoms with E-state index in [0.717, 1.165) is 47.8 Å². The Morgan fingerprint density at radius 1 is 1.15 bits per heavy atom. The zero-order chi connectivity index (χ0) is 32.9. The highest BCUT2D eigenvalue weighted by Crippen LogP contribution is 2.55. The third kappa shape index (κ3) is 6.10. The SMILES string of the molecule is C=C[C@@H]1CN2CC[C@@H]1C[C@H]2[C@H](NC(=S)NC[C@]1(C)CC[C@]2(C)c3ccc(C(C)C)cc3CC[C@@H]2C1)c1ccnc2ccc(OC)cc12. The third-order valence-corrected chi connectivity index (χ3v) is 13.1. The van der Waals surface area contributed by atoms with Gasteiger partial charge in [-0.3, -0.25) is 9.88 Å². The van der Waals surface area contributed by atoms with E-state index in [1.54, 1.807) is 18.2 Å². The van der Waals surface area contributed by atoms with Crippen LogP contribution in [0.3, 0.4) is 0 Å². The number of hydrogen-bond acceptors (Lipinski definition) is 4. The summed E-state index contributed by atoms with van der Waals surface area (Å²) in [6.07, 6.45) is 12.7. The van der Waals surface area contributed by atoms with Crippen LogP contribution in [0.25, 0.3) is 10.9 Å². The van der Waals surface area contributed by atoms with Gasteiger partial charge < -0.3 is 15.4 Å². The van der Waals surface area contributed by atoms with Gasteiger partial charge in [0.1, 0.15) is 5.75 Å². The average Bonchev–Trinajstić information content (AvgIpc) is 3.09. The van der Waals surface area contributed by atoms with Gasteiger partial charge in [0, 0.05) is 30.7 Å². The Morgan fingerprint density at radius 2 is 2.00 bits per heavy atom. The molecule has 2 N–H and O–H groups in total. The summed E-state index contributed by atoms with van der Waals surface area (Å²) in [4.78, 5) is 7.38. The lowest BCUT2D eigenvalue weighted by Gasteiger charge is -2.53. The predicted octanol–water partition coefficient (Wildman–Crippen LogP) is 8.48. The van der Waals surface area contributed by atoms with Crippen LogP contribution in [0.2, 0.25) is 0 Å². The van der Waals surface area contributed by atoms with Gasteiger partial charge >= 0.3 is 0 Å². The van der Waals surface area contributed by atoms with Crippen molar-refractivity contribution in [3.8, 4) is 5.75 Å². The molecule has 0 spiro atoms. The standard InChI is InChI=1S/C41H54N4OS/c1-7-27-24-45-19-15-29(27)21-37(45)38(33-14-18-42-36-13-11-32(46-6)22-34(33)36)44-39(47)43-25-40(4)16-17-41(5)31(23-40)10-8-30-20-28(26(2)3)9-12-35(30)41/h7,9,11-14,18,20,22,26-27,29,31,37-38H,1,8,10,15-17,19,21,23-25H2,2-6H3,(H2,43,44,47)/t27-,29-,31-,37+,38-,40-,41+/m1/s1. The van der Waals surface area contributed by atoms with Crippen LogP contribution in [-0.2, 0) is 11.8 Å². The van der Waals surface area contributed by atoms with Gasteiger partial charge in [-0.25, -0.2) is 0 Å². The summed E-state index contributed by atoms with van der Waals surface area (Å²) in [7, 11) is 1.73. The number of rotatable bonds is 8. The molecule has 250 valence electrons. The molecule has 6 heteroatoms. The smallest absolute Gasteiger partial charge is 0.166 e. The molecule has 2 aromatic carbocycles. The zero-order valence-corrected chi connectivity index (χ0v) is 30.0. The number of thiocarbonyl (C=S) groups is 1. The number of aryl methyl sites for hydroxylation is 1. The topological polar surface area (TPSA) is 49.4 Å². The number of ether oxygens (including phenoxy) is 1. The first-order valence-electron chi connectivity index (χ1n) is 18.1. The molecule has 2 bridgehead atoms. The molecule has 2 aliphatic carbocycles. The maximum atomic E-state index is 6.15. The molecule has 1 unspecified atom stereocenters. The molecule has 3 aliphatic heterocycles. The molecule has 4 fully saturated rings. The number of fused-ring (bicyclic) bond motifs is 7. The van der Waals surface area contributed by atoms with Crippen LogP contribution in [0.5, 0.6) is 5.75 Å². The van der Waals surface area contributed by atoms with Crippen LogP contribution in [0.15, 0.2) is 61.3 Å². The van der Waals surface area contributed by atoms with Gasteiger partial charge in [-0.2, -0.15) is 0 Å². The van der Waals surface area contributed by atoms with E-state index in [1.165, 1.54) is 49.7 Å².